The number of anilines is 1. The minimum atomic E-state index is -3.80. The van der Waals surface area contributed by atoms with Gasteiger partial charge in [-0.05, 0) is 66.2 Å². The minimum absolute atomic E-state index is 0.183. The molecule has 1 aliphatic rings. The summed E-state index contributed by atoms with van der Waals surface area (Å²) >= 11 is 0. The van der Waals surface area contributed by atoms with E-state index in [-0.39, 0.29) is 22.6 Å². The summed E-state index contributed by atoms with van der Waals surface area (Å²) in [6, 6.07) is 28.6. The van der Waals surface area contributed by atoms with Gasteiger partial charge >= 0.3 is 0 Å². The van der Waals surface area contributed by atoms with E-state index in [0.29, 0.717) is 69.9 Å². The van der Waals surface area contributed by atoms with Gasteiger partial charge in [-0.2, -0.15) is 0 Å². The zero-order valence-corrected chi connectivity index (χ0v) is 30.3. The molecule has 0 fully saturated rings. The van der Waals surface area contributed by atoms with Gasteiger partial charge in [0.05, 0.1) is 47.6 Å². The van der Waals surface area contributed by atoms with Crippen molar-refractivity contribution in [3.05, 3.63) is 126 Å². The van der Waals surface area contributed by atoms with Crippen LogP contribution in [0.25, 0.3) is 55.8 Å². The molecule has 0 aliphatic carbocycles. The highest BCUT2D eigenvalue weighted by molar-refractivity contribution is 7.92. The maximum atomic E-state index is 15.3. The molecule has 4 aromatic carbocycles. The Kier molecular flexibility index (Phi) is 8.90. The first kappa shape index (κ1) is 35.0. The molecule has 1 unspecified atom stereocenters. The maximum absolute atomic E-state index is 15.3. The van der Waals surface area contributed by atoms with Crippen molar-refractivity contribution in [2.75, 3.05) is 31.3 Å². The molecule has 1 N–H and O–H groups in total. The van der Waals surface area contributed by atoms with Gasteiger partial charge in [-0.3, -0.25) is 9.10 Å². The molecule has 274 valence electrons. The topological polar surface area (TPSA) is 116 Å². The lowest BCUT2D eigenvalue weighted by molar-refractivity contribution is 0.0540. The summed E-state index contributed by atoms with van der Waals surface area (Å²) < 4.78 is 76.9. The lowest BCUT2D eigenvalue weighted by Crippen LogP contribution is -2.25. The van der Waals surface area contributed by atoms with Crippen LogP contribution in [-0.2, 0) is 21.4 Å². The molecule has 0 bridgehead atoms. The van der Waals surface area contributed by atoms with E-state index < -0.39 is 33.8 Å². The number of hydrogen-bond acceptors (Lipinski definition) is 7. The monoisotopic (exact) mass is 748 g/mol. The highest BCUT2D eigenvalue weighted by Gasteiger charge is 2.31. The molecule has 0 spiro atoms. The quantitative estimate of drug-likeness (QED) is 0.140. The van der Waals surface area contributed by atoms with Crippen LogP contribution in [0, 0.1) is 11.6 Å². The van der Waals surface area contributed by atoms with E-state index in [2.05, 4.69) is 5.32 Å². The molecule has 1 atom stereocenters. The number of furan rings is 1. The standard InChI is InChI=1S/C41H34F2N4O6S/c1-44-41(48)38-29-20-28(33(46(2)54(3,49)50)22-36(29)53-40(38)25-12-14-26(42)15-13-25)31-16-17-35-39(45-31)34-21-27-30(43)10-7-11-32(27)47(34)37(52-35)18-19-51-23-24-8-5-4-6-9-24/h4-17,20-22,37H,18-19,23H2,1-3H3,(H,44,48). The van der Waals surface area contributed by atoms with E-state index in [1.54, 1.807) is 36.4 Å². The fraction of sp³-hybridized carbons (Fsp3) is 0.171. The third-order valence-corrected chi connectivity index (χ3v) is 10.8. The van der Waals surface area contributed by atoms with Crippen LogP contribution in [0.4, 0.5) is 14.5 Å². The first-order valence-corrected chi connectivity index (χ1v) is 19.0. The number of pyridine rings is 1. The Morgan fingerprint density at radius 2 is 1.74 bits per heavy atom. The molecule has 0 saturated heterocycles. The largest absolute Gasteiger partial charge is 0.468 e. The van der Waals surface area contributed by atoms with Crippen molar-refractivity contribution in [1.29, 1.82) is 0 Å². The summed E-state index contributed by atoms with van der Waals surface area (Å²) in [4.78, 5) is 18.4. The van der Waals surface area contributed by atoms with Crippen LogP contribution < -0.4 is 14.4 Å². The van der Waals surface area contributed by atoms with E-state index in [4.69, 9.17) is 18.9 Å². The zero-order chi connectivity index (χ0) is 37.7. The van der Waals surface area contributed by atoms with Crippen molar-refractivity contribution < 1.29 is 35.9 Å². The van der Waals surface area contributed by atoms with Gasteiger partial charge in [0.1, 0.15) is 34.4 Å². The van der Waals surface area contributed by atoms with Crippen LogP contribution in [0.3, 0.4) is 0 Å². The summed E-state index contributed by atoms with van der Waals surface area (Å²) in [7, 11) is -0.903. The van der Waals surface area contributed by atoms with Crippen molar-refractivity contribution in [3.63, 3.8) is 0 Å². The van der Waals surface area contributed by atoms with Crippen LogP contribution in [0.15, 0.2) is 108 Å². The summed E-state index contributed by atoms with van der Waals surface area (Å²) in [6.07, 6.45) is 0.998. The van der Waals surface area contributed by atoms with Crippen LogP contribution in [-0.4, -0.2) is 50.8 Å². The Bertz CT molecular complexity index is 2680. The molecule has 0 saturated carbocycles. The van der Waals surface area contributed by atoms with Crippen molar-refractivity contribution in [3.8, 4) is 39.7 Å². The highest BCUT2D eigenvalue weighted by Crippen LogP contribution is 2.46. The summed E-state index contributed by atoms with van der Waals surface area (Å²) in [5.74, 6) is -0.670. The average Bonchev–Trinajstić information content (AvgIpc) is 3.76. The van der Waals surface area contributed by atoms with Crippen LogP contribution in [0.5, 0.6) is 5.75 Å². The zero-order valence-electron chi connectivity index (χ0n) is 29.5. The highest BCUT2D eigenvalue weighted by atomic mass is 32.2. The number of halogens is 2. The second-order valence-corrected chi connectivity index (χ2v) is 15.0. The maximum Gasteiger partial charge on any atom is 0.255 e. The fourth-order valence-electron chi connectivity index (χ4n) is 6.85. The van der Waals surface area contributed by atoms with Gasteiger partial charge in [-0.1, -0.05) is 36.4 Å². The third kappa shape index (κ3) is 6.24. The molecule has 0 radical (unpaired) electrons. The number of nitrogens with one attached hydrogen (secondary N) is 1. The predicted molar refractivity (Wildman–Crippen MR) is 203 cm³/mol. The molecule has 3 aromatic heterocycles. The van der Waals surface area contributed by atoms with E-state index in [0.717, 1.165) is 16.1 Å². The van der Waals surface area contributed by atoms with Gasteiger partial charge in [0.15, 0.2) is 6.23 Å². The Morgan fingerprint density at radius 1 is 0.963 bits per heavy atom. The number of carbonyl (C=O) groups is 1. The molecule has 13 heteroatoms. The van der Waals surface area contributed by atoms with Crippen molar-refractivity contribution in [1.82, 2.24) is 14.9 Å². The Morgan fingerprint density at radius 3 is 2.48 bits per heavy atom. The van der Waals surface area contributed by atoms with Gasteiger partial charge in [0.25, 0.3) is 5.91 Å². The number of fused-ring (bicyclic) bond motifs is 6. The molecule has 8 rings (SSSR count). The molecular formula is C41H34F2N4O6S. The van der Waals surface area contributed by atoms with E-state index in [1.165, 1.54) is 44.4 Å². The smallest absolute Gasteiger partial charge is 0.255 e. The number of hydrogen-bond donors (Lipinski definition) is 1. The van der Waals surface area contributed by atoms with Gasteiger partial charge < -0.3 is 23.8 Å². The summed E-state index contributed by atoms with van der Waals surface area (Å²) in [6.45, 7) is 0.801. The van der Waals surface area contributed by atoms with Gasteiger partial charge in [0, 0.05) is 48.5 Å². The SMILES string of the molecule is CNC(=O)c1c(-c2ccc(F)cc2)oc2cc(N(C)S(C)(=O)=O)c(-c3ccc4c(n3)-c3cc5c(F)cccc5n3C(CCOCc3ccccc3)O4)cc12. The Labute approximate surface area is 309 Å². The number of amides is 1. The van der Waals surface area contributed by atoms with Crippen LogP contribution in [0.1, 0.15) is 28.6 Å². The Balaban J connectivity index is 1.26. The summed E-state index contributed by atoms with van der Waals surface area (Å²) in [5.41, 5.74) is 4.53. The molecule has 10 nitrogen and oxygen atoms in total. The number of ether oxygens (including phenoxy) is 2. The summed E-state index contributed by atoms with van der Waals surface area (Å²) in [5, 5.41) is 3.43. The second-order valence-electron chi connectivity index (χ2n) is 13.0. The molecule has 4 heterocycles. The lowest BCUT2D eigenvalue weighted by Gasteiger charge is -2.30. The van der Waals surface area contributed by atoms with Gasteiger partial charge in [0.2, 0.25) is 10.0 Å². The lowest BCUT2D eigenvalue weighted by atomic mass is 10.0. The fourth-order valence-corrected chi connectivity index (χ4v) is 7.36. The van der Waals surface area contributed by atoms with E-state index in [9.17, 15) is 17.6 Å². The molecule has 1 amide bonds. The second kappa shape index (κ2) is 13.7. The van der Waals surface area contributed by atoms with E-state index in [1.807, 2.05) is 41.0 Å². The number of rotatable bonds is 10. The van der Waals surface area contributed by atoms with Crippen molar-refractivity contribution in [2.45, 2.75) is 19.3 Å². The predicted octanol–water partition coefficient (Wildman–Crippen LogP) is 8.32. The first-order chi connectivity index (χ1) is 26.0. The van der Waals surface area contributed by atoms with Crippen molar-refractivity contribution >= 4 is 43.5 Å². The first-order valence-electron chi connectivity index (χ1n) is 17.1. The van der Waals surface area contributed by atoms with E-state index >= 15 is 4.39 Å². The molecule has 54 heavy (non-hydrogen) atoms. The number of nitrogens with zero attached hydrogens (tertiary/aromatic N) is 3. The molecule has 7 aromatic rings. The molecule has 1 aliphatic heterocycles. The van der Waals surface area contributed by atoms with Gasteiger partial charge in [-0.15, -0.1) is 0 Å². The minimum Gasteiger partial charge on any atom is -0.468 e. The Hall–Kier alpha value is -6.05. The average molecular weight is 749 g/mol. The number of benzene rings is 4. The number of sulfonamides is 1. The normalized spacial score (nSPS) is 13.8. The van der Waals surface area contributed by atoms with Gasteiger partial charge in [-0.25, -0.2) is 22.2 Å². The third-order valence-electron chi connectivity index (χ3n) is 9.58. The van der Waals surface area contributed by atoms with Crippen LogP contribution in [0.2, 0.25) is 0 Å². The van der Waals surface area contributed by atoms with Crippen LogP contribution >= 0.6 is 0 Å². The number of aromatic nitrogens is 2. The number of carbonyl (C=O) groups excluding carboxylic acids is 1. The molecular weight excluding hydrogens is 715 g/mol. The van der Waals surface area contributed by atoms with Crippen molar-refractivity contribution in [2.24, 2.45) is 0 Å².